The van der Waals surface area contributed by atoms with E-state index in [4.69, 9.17) is 11.6 Å². The first-order chi connectivity index (χ1) is 8.77. The quantitative estimate of drug-likeness (QED) is 0.854. The van der Waals surface area contributed by atoms with E-state index in [2.05, 4.69) is 11.4 Å². The van der Waals surface area contributed by atoms with Gasteiger partial charge in [-0.3, -0.25) is 4.79 Å². The molecule has 4 heteroatoms. The van der Waals surface area contributed by atoms with Crippen LogP contribution in [0.15, 0.2) is 29.6 Å². The van der Waals surface area contributed by atoms with Gasteiger partial charge in [0.25, 0.3) is 0 Å². The Morgan fingerprint density at radius 3 is 3.00 bits per heavy atom. The molecule has 0 amide bonds. The molecule has 1 aromatic carbocycles. The average Bonchev–Trinajstić information content (AvgIpc) is 2.83. The highest BCUT2D eigenvalue weighted by Gasteiger charge is 2.20. The number of halogens is 1. The van der Waals surface area contributed by atoms with E-state index in [1.807, 2.05) is 17.5 Å². The van der Waals surface area contributed by atoms with E-state index in [-0.39, 0.29) is 5.78 Å². The van der Waals surface area contributed by atoms with Crippen molar-refractivity contribution in [1.82, 2.24) is 5.32 Å². The van der Waals surface area contributed by atoms with Crippen LogP contribution < -0.4 is 5.32 Å². The lowest BCUT2D eigenvalue weighted by Crippen LogP contribution is -2.25. The van der Waals surface area contributed by atoms with Gasteiger partial charge in [-0.05, 0) is 35.5 Å². The molecule has 0 saturated heterocycles. The molecular weight excluding hydrogens is 266 g/mol. The summed E-state index contributed by atoms with van der Waals surface area (Å²) >= 11 is 7.45. The van der Waals surface area contributed by atoms with E-state index in [1.165, 1.54) is 22.5 Å². The maximum absolute atomic E-state index is 12.5. The molecule has 0 atom stereocenters. The van der Waals surface area contributed by atoms with Crippen LogP contribution in [0, 0.1) is 0 Å². The minimum atomic E-state index is 0.0498. The van der Waals surface area contributed by atoms with Gasteiger partial charge in [0.1, 0.15) is 0 Å². The highest BCUT2D eigenvalue weighted by Crippen LogP contribution is 2.28. The van der Waals surface area contributed by atoms with Crippen LogP contribution in [0.4, 0.5) is 0 Å². The van der Waals surface area contributed by atoms with Gasteiger partial charge in [0.15, 0.2) is 0 Å². The molecule has 0 spiro atoms. The highest BCUT2D eigenvalue weighted by atomic mass is 35.5. The highest BCUT2D eigenvalue weighted by molar-refractivity contribution is 7.13. The first kappa shape index (κ1) is 11.9. The van der Waals surface area contributed by atoms with Crippen molar-refractivity contribution in [3.8, 4) is 0 Å². The fourth-order valence-electron chi connectivity index (χ4n) is 2.32. The third-order valence-electron chi connectivity index (χ3n) is 3.21. The number of ketones is 1. The largest absolute Gasteiger partial charge is 0.312 e. The minimum Gasteiger partial charge on any atom is -0.312 e. The molecule has 1 aromatic heterocycles. The number of thiophene rings is 1. The number of carbonyl (C=O) groups is 1. The van der Waals surface area contributed by atoms with Gasteiger partial charge in [-0.1, -0.05) is 29.8 Å². The van der Waals surface area contributed by atoms with Gasteiger partial charge in [-0.15, -0.1) is 11.3 Å². The van der Waals surface area contributed by atoms with Gasteiger partial charge in [0.2, 0.25) is 5.78 Å². The summed E-state index contributed by atoms with van der Waals surface area (Å²) in [6, 6.07) is 7.70. The second-order valence-electron chi connectivity index (χ2n) is 4.30. The summed E-state index contributed by atoms with van der Waals surface area (Å²) in [7, 11) is 0. The third kappa shape index (κ3) is 1.99. The first-order valence-corrected chi connectivity index (χ1v) is 7.12. The van der Waals surface area contributed by atoms with Crippen molar-refractivity contribution in [1.29, 1.82) is 0 Å². The molecule has 0 saturated carbocycles. The topological polar surface area (TPSA) is 29.1 Å². The van der Waals surface area contributed by atoms with Gasteiger partial charge < -0.3 is 5.32 Å². The molecule has 92 valence electrons. The van der Waals surface area contributed by atoms with Crippen molar-refractivity contribution in [3.05, 3.63) is 56.2 Å². The number of nitrogens with one attached hydrogen (secondary N) is 1. The Hall–Kier alpha value is -1.16. The number of hydrogen-bond donors (Lipinski definition) is 1. The Morgan fingerprint density at radius 2 is 2.22 bits per heavy atom. The van der Waals surface area contributed by atoms with Crippen LogP contribution in [0.1, 0.15) is 26.4 Å². The van der Waals surface area contributed by atoms with Gasteiger partial charge in [-0.2, -0.15) is 0 Å². The predicted octanol–water partition coefficient (Wildman–Crippen LogP) is 3.28. The first-order valence-electron chi connectivity index (χ1n) is 5.86. The van der Waals surface area contributed by atoms with Gasteiger partial charge in [0, 0.05) is 12.1 Å². The third-order valence-corrected chi connectivity index (χ3v) is 4.55. The Bertz CT molecular complexity index is 606. The lowest BCUT2D eigenvalue weighted by molar-refractivity contribution is 0.104. The molecule has 2 aromatic rings. The van der Waals surface area contributed by atoms with Crippen LogP contribution in [0.5, 0.6) is 0 Å². The van der Waals surface area contributed by atoms with Crippen molar-refractivity contribution < 1.29 is 4.79 Å². The molecular formula is C14H12ClNOS. The molecule has 2 nitrogen and oxygen atoms in total. The molecule has 0 aliphatic carbocycles. The summed E-state index contributed by atoms with van der Waals surface area (Å²) in [4.78, 5) is 13.1. The number of carbonyl (C=O) groups excluding carboxylic acids is 1. The predicted molar refractivity (Wildman–Crippen MR) is 74.6 cm³/mol. The summed E-state index contributed by atoms with van der Waals surface area (Å²) in [5.74, 6) is 0.0498. The van der Waals surface area contributed by atoms with Crippen molar-refractivity contribution in [3.63, 3.8) is 0 Å². The summed E-state index contributed by atoms with van der Waals surface area (Å²) in [5.41, 5.74) is 3.20. The molecule has 1 aliphatic rings. The maximum Gasteiger partial charge on any atom is 0.204 e. The van der Waals surface area contributed by atoms with Crippen molar-refractivity contribution in [2.75, 3.05) is 6.54 Å². The zero-order valence-corrected chi connectivity index (χ0v) is 11.3. The van der Waals surface area contributed by atoms with E-state index in [0.717, 1.165) is 25.1 Å². The number of rotatable bonds is 2. The lowest BCUT2D eigenvalue weighted by atomic mass is 9.93. The molecule has 18 heavy (non-hydrogen) atoms. The van der Waals surface area contributed by atoms with Crippen molar-refractivity contribution in [2.45, 2.75) is 13.0 Å². The van der Waals surface area contributed by atoms with Crippen LogP contribution >= 0.6 is 22.9 Å². The standard InChI is InChI=1S/C14H12ClNOS/c15-12-5-7-18-14(12)13(17)11-3-1-2-9-8-16-6-4-10(9)11/h1-3,5,7,16H,4,6,8H2. The van der Waals surface area contributed by atoms with E-state index in [1.54, 1.807) is 6.07 Å². The number of benzene rings is 1. The summed E-state index contributed by atoms with van der Waals surface area (Å²) in [5, 5.41) is 5.72. The summed E-state index contributed by atoms with van der Waals surface area (Å²) in [6.07, 6.45) is 0.903. The average molecular weight is 278 g/mol. The molecule has 0 bridgehead atoms. The van der Waals surface area contributed by atoms with Gasteiger partial charge >= 0.3 is 0 Å². The van der Waals surface area contributed by atoms with Crippen molar-refractivity contribution in [2.24, 2.45) is 0 Å². The molecule has 0 unspecified atom stereocenters. The Kier molecular flexibility index (Phi) is 3.20. The molecule has 0 radical (unpaired) electrons. The van der Waals surface area contributed by atoms with Crippen LogP contribution in [0.3, 0.4) is 0 Å². The smallest absolute Gasteiger partial charge is 0.204 e. The lowest BCUT2D eigenvalue weighted by Gasteiger charge is -2.19. The summed E-state index contributed by atoms with van der Waals surface area (Å²) < 4.78 is 0. The van der Waals surface area contributed by atoms with Crippen LogP contribution in [-0.2, 0) is 13.0 Å². The second-order valence-corrected chi connectivity index (χ2v) is 5.62. The molecule has 3 rings (SSSR count). The molecule has 1 N–H and O–H groups in total. The van der Waals surface area contributed by atoms with E-state index in [9.17, 15) is 4.79 Å². The monoisotopic (exact) mass is 277 g/mol. The zero-order chi connectivity index (χ0) is 12.5. The van der Waals surface area contributed by atoms with Gasteiger partial charge in [-0.25, -0.2) is 0 Å². The number of hydrogen-bond acceptors (Lipinski definition) is 3. The van der Waals surface area contributed by atoms with E-state index in [0.29, 0.717) is 9.90 Å². The summed E-state index contributed by atoms with van der Waals surface area (Å²) in [6.45, 7) is 1.77. The normalized spacial score (nSPS) is 14.3. The Morgan fingerprint density at radius 1 is 1.33 bits per heavy atom. The van der Waals surface area contributed by atoms with Crippen LogP contribution in [0.25, 0.3) is 0 Å². The molecule has 1 aliphatic heterocycles. The Balaban J connectivity index is 2.07. The number of fused-ring (bicyclic) bond motifs is 1. The Labute approximate surface area is 115 Å². The zero-order valence-electron chi connectivity index (χ0n) is 9.70. The minimum absolute atomic E-state index is 0.0498. The molecule has 0 fully saturated rings. The SMILES string of the molecule is O=C(c1cccc2c1CCNC2)c1sccc1Cl. The van der Waals surface area contributed by atoms with Gasteiger partial charge in [0.05, 0.1) is 9.90 Å². The fourth-order valence-corrected chi connectivity index (χ4v) is 3.42. The van der Waals surface area contributed by atoms with E-state index < -0.39 is 0 Å². The maximum atomic E-state index is 12.5. The van der Waals surface area contributed by atoms with Crippen LogP contribution in [0.2, 0.25) is 5.02 Å². The van der Waals surface area contributed by atoms with Crippen LogP contribution in [-0.4, -0.2) is 12.3 Å². The second kappa shape index (κ2) is 4.84. The molecule has 2 heterocycles. The van der Waals surface area contributed by atoms with Crippen molar-refractivity contribution >= 4 is 28.7 Å². The fraction of sp³-hybridized carbons (Fsp3) is 0.214. The van der Waals surface area contributed by atoms with E-state index >= 15 is 0 Å².